The summed E-state index contributed by atoms with van der Waals surface area (Å²) in [5.74, 6) is -0.113. The van der Waals surface area contributed by atoms with Crippen LogP contribution >= 0.6 is 0 Å². The number of aromatic nitrogens is 1. The third kappa shape index (κ3) is 2.48. The zero-order valence-corrected chi connectivity index (χ0v) is 11.6. The Morgan fingerprint density at radius 3 is 2.76 bits per heavy atom. The molecule has 0 saturated carbocycles. The number of hydrogen-bond donors (Lipinski definition) is 1. The lowest BCUT2D eigenvalue weighted by molar-refractivity contribution is 0.0699. The number of carboxylic acids is 1. The lowest BCUT2D eigenvalue weighted by Gasteiger charge is -2.07. The highest BCUT2D eigenvalue weighted by Gasteiger charge is 2.13. The van der Waals surface area contributed by atoms with E-state index in [4.69, 9.17) is 4.74 Å². The normalized spacial score (nSPS) is 10.7. The highest BCUT2D eigenvalue weighted by atomic mass is 16.5. The molecule has 21 heavy (non-hydrogen) atoms. The quantitative estimate of drug-likeness (QED) is 0.797. The van der Waals surface area contributed by atoms with Crippen LogP contribution in [0, 0.1) is 0 Å². The molecule has 0 radical (unpaired) electrons. The van der Waals surface area contributed by atoms with Crippen molar-refractivity contribution in [2.24, 2.45) is 0 Å². The van der Waals surface area contributed by atoms with Crippen LogP contribution in [0.3, 0.4) is 0 Å². The summed E-state index contributed by atoms with van der Waals surface area (Å²) >= 11 is 0. The summed E-state index contributed by atoms with van der Waals surface area (Å²) < 4.78 is 7.17. The Balaban J connectivity index is 2.06. The number of para-hydroxylation sites is 1. The van der Waals surface area contributed by atoms with E-state index in [9.17, 15) is 9.90 Å². The number of fused-ring (bicyclic) bond motifs is 1. The van der Waals surface area contributed by atoms with Gasteiger partial charge in [-0.15, -0.1) is 0 Å². The summed E-state index contributed by atoms with van der Waals surface area (Å²) in [5.41, 5.74) is 2.30. The smallest absolute Gasteiger partial charge is 0.337 e. The van der Waals surface area contributed by atoms with Gasteiger partial charge >= 0.3 is 5.97 Å². The summed E-state index contributed by atoms with van der Waals surface area (Å²) in [4.78, 5) is 11.3. The number of aromatic carboxylic acids is 1. The fraction of sp³-hybridized carbons (Fsp3) is 0.118. The minimum Gasteiger partial charge on any atom is -0.497 e. The van der Waals surface area contributed by atoms with E-state index in [1.807, 2.05) is 53.1 Å². The first-order valence-corrected chi connectivity index (χ1v) is 6.63. The molecule has 0 amide bonds. The minimum absolute atomic E-state index is 0.327. The number of ether oxygens (including phenoxy) is 1. The van der Waals surface area contributed by atoms with Crippen LogP contribution in [0.4, 0.5) is 0 Å². The van der Waals surface area contributed by atoms with Gasteiger partial charge in [-0.25, -0.2) is 4.79 Å². The van der Waals surface area contributed by atoms with Crippen LogP contribution in [0.1, 0.15) is 15.9 Å². The van der Waals surface area contributed by atoms with E-state index < -0.39 is 5.97 Å². The molecule has 106 valence electrons. The largest absolute Gasteiger partial charge is 0.497 e. The third-order valence-corrected chi connectivity index (χ3v) is 3.51. The van der Waals surface area contributed by atoms with Crippen molar-refractivity contribution in [3.63, 3.8) is 0 Å². The van der Waals surface area contributed by atoms with Crippen molar-refractivity contribution in [2.45, 2.75) is 6.54 Å². The molecule has 4 nitrogen and oxygen atoms in total. The lowest BCUT2D eigenvalue weighted by atomic mass is 10.2. The van der Waals surface area contributed by atoms with Crippen molar-refractivity contribution in [3.05, 3.63) is 65.9 Å². The number of nitrogens with zero attached hydrogens (tertiary/aromatic N) is 1. The van der Waals surface area contributed by atoms with Crippen LogP contribution in [0.25, 0.3) is 10.9 Å². The van der Waals surface area contributed by atoms with Gasteiger partial charge in [0, 0.05) is 23.6 Å². The van der Waals surface area contributed by atoms with Crippen LogP contribution in [0.2, 0.25) is 0 Å². The van der Waals surface area contributed by atoms with Gasteiger partial charge in [-0.1, -0.05) is 30.3 Å². The molecule has 1 aromatic heterocycles. The van der Waals surface area contributed by atoms with Crippen molar-refractivity contribution < 1.29 is 14.6 Å². The van der Waals surface area contributed by atoms with Crippen molar-refractivity contribution in [1.82, 2.24) is 4.57 Å². The van der Waals surface area contributed by atoms with Gasteiger partial charge < -0.3 is 14.4 Å². The number of methoxy groups -OCH3 is 1. The summed E-state index contributed by atoms with van der Waals surface area (Å²) in [6.45, 7) is 0.602. The van der Waals surface area contributed by atoms with Gasteiger partial charge in [-0.05, 0) is 23.8 Å². The van der Waals surface area contributed by atoms with Crippen LogP contribution in [-0.4, -0.2) is 22.8 Å². The molecule has 1 N–H and O–H groups in total. The number of benzene rings is 2. The van der Waals surface area contributed by atoms with Gasteiger partial charge in [0.05, 0.1) is 12.7 Å². The molecule has 1 heterocycles. The fourth-order valence-corrected chi connectivity index (χ4v) is 2.52. The molecule has 2 aromatic carbocycles. The zero-order valence-electron chi connectivity index (χ0n) is 11.6. The zero-order chi connectivity index (χ0) is 14.8. The first kappa shape index (κ1) is 13.2. The first-order chi connectivity index (χ1) is 10.2. The number of carboxylic acid groups (broad SMARTS) is 1. The van der Waals surface area contributed by atoms with Crippen LogP contribution in [-0.2, 0) is 6.54 Å². The minimum atomic E-state index is -0.907. The van der Waals surface area contributed by atoms with Crippen molar-refractivity contribution in [2.75, 3.05) is 7.11 Å². The molecule has 3 rings (SSSR count). The Morgan fingerprint density at radius 2 is 2.00 bits per heavy atom. The standard InChI is InChI=1S/C17H15NO3/c1-21-13-6-4-5-12(9-13)10-18-11-15(17(19)20)14-7-2-3-8-16(14)18/h2-9,11H,10H2,1H3,(H,19,20). The summed E-state index contributed by atoms with van der Waals surface area (Å²) in [6.07, 6.45) is 1.69. The van der Waals surface area contributed by atoms with Gasteiger partial charge in [-0.2, -0.15) is 0 Å². The van der Waals surface area contributed by atoms with Crippen molar-refractivity contribution in [3.8, 4) is 5.75 Å². The Hall–Kier alpha value is -2.75. The highest BCUT2D eigenvalue weighted by Crippen LogP contribution is 2.23. The molecule has 0 unspecified atom stereocenters. The molecule has 0 bridgehead atoms. The van der Waals surface area contributed by atoms with Gasteiger partial charge in [0.1, 0.15) is 5.75 Å². The molecule has 0 spiro atoms. The second kappa shape index (κ2) is 5.32. The monoisotopic (exact) mass is 281 g/mol. The summed E-state index contributed by atoms with van der Waals surface area (Å²) in [7, 11) is 1.63. The molecule has 0 aliphatic heterocycles. The Kier molecular flexibility index (Phi) is 3.36. The second-order valence-electron chi connectivity index (χ2n) is 4.84. The van der Waals surface area contributed by atoms with Crippen molar-refractivity contribution >= 4 is 16.9 Å². The SMILES string of the molecule is COc1cccc(Cn2cc(C(=O)O)c3ccccc32)c1. The third-order valence-electron chi connectivity index (χ3n) is 3.51. The number of rotatable bonds is 4. The summed E-state index contributed by atoms with van der Waals surface area (Å²) in [5, 5.41) is 10.1. The molecular weight excluding hydrogens is 266 g/mol. The van der Waals surface area contributed by atoms with Crippen molar-refractivity contribution in [1.29, 1.82) is 0 Å². The predicted molar refractivity (Wildman–Crippen MR) is 81.0 cm³/mol. The van der Waals surface area contributed by atoms with E-state index in [1.54, 1.807) is 13.3 Å². The average molecular weight is 281 g/mol. The van der Waals surface area contributed by atoms with Crippen LogP contribution in [0.15, 0.2) is 54.7 Å². The van der Waals surface area contributed by atoms with Gasteiger partial charge in [0.15, 0.2) is 0 Å². The van der Waals surface area contributed by atoms with Crippen LogP contribution < -0.4 is 4.74 Å². The summed E-state index contributed by atoms with van der Waals surface area (Å²) in [6, 6.07) is 15.3. The van der Waals surface area contributed by atoms with E-state index >= 15 is 0 Å². The Morgan fingerprint density at radius 1 is 1.19 bits per heavy atom. The van der Waals surface area contributed by atoms with Gasteiger partial charge in [-0.3, -0.25) is 0 Å². The molecule has 0 saturated heterocycles. The molecule has 0 fully saturated rings. The second-order valence-corrected chi connectivity index (χ2v) is 4.84. The maximum absolute atomic E-state index is 11.3. The van der Waals surface area contributed by atoms with E-state index in [2.05, 4.69) is 0 Å². The lowest BCUT2D eigenvalue weighted by Crippen LogP contribution is -1.99. The first-order valence-electron chi connectivity index (χ1n) is 6.63. The average Bonchev–Trinajstić information content (AvgIpc) is 2.87. The maximum Gasteiger partial charge on any atom is 0.337 e. The molecule has 0 atom stereocenters. The predicted octanol–water partition coefficient (Wildman–Crippen LogP) is 3.40. The molecule has 3 aromatic rings. The molecule has 4 heteroatoms. The number of hydrogen-bond acceptors (Lipinski definition) is 2. The Bertz CT molecular complexity index is 805. The number of carbonyl (C=O) groups is 1. The Labute approximate surface area is 122 Å². The topological polar surface area (TPSA) is 51.5 Å². The van der Waals surface area contributed by atoms with Gasteiger partial charge in [0.25, 0.3) is 0 Å². The maximum atomic E-state index is 11.3. The van der Waals surface area contributed by atoms with Crippen LogP contribution in [0.5, 0.6) is 5.75 Å². The fourth-order valence-electron chi connectivity index (χ4n) is 2.52. The van der Waals surface area contributed by atoms with E-state index in [-0.39, 0.29) is 0 Å². The highest BCUT2D eigenvalue weighted by molar-refractivity contribution is 6.03. The molecule has 0 aliphatic carbocycles. The van der Waals surface area contributed by atoms with E-state index in [0.29, 0.717) is 12.1 Å². The van der Waals surface area contributed by atoms with E-state index in [0.717, 1.165) is 22.2 Å². The van der Waals surface area contributed by atoms with E-state index in [1.165, 1.54) is 0 Å². The van der Waals surface area contributed by atoms with Gasteiger partial charge in [0.2, 0.25) is 0 Å². The molecular formula is C17H15NO3. The molecule has 0 aliphatic rings.